The molecule has 0 aliphatic heterocycles. The topological polar surface area (TPSA) is 29.3 Å². The number of benzene rings is 1. The van der Waals surface area contributed by atoms with Crippen LogP contribution in [0.15, 0.2) is 24.3 Å². The van der Waals surface area contributed by atoms with Crippen molar-refractivity contribution >= 4 is 5.69 Å². The fourth-order valence-corrected chi connectivity index (χ4v) is 3.58. The molecule has 0 radical (unpaired) electrons. The Hall–Kier alpha value is -1.02. The van der Waals surface area contributed by atoms with Gasteiger partial charge in [-0.1, -0.05) is 26.0 Å². The van der Waals surface area contributed by atoms with Gasteiger partial charge in [0.1, 0.15) is 0 Å². The maximum atomic E-state index is 6.54. The second kappa shape index (κ2) is 5.96. The molecule has 1 fully saturated rings. The minimum Gasteiger partial charge on any atom is -0.378 e. The first-order valence-corrected chi connectivity index (χ1v) is 7.50. The van der Waals surface area contributed by atoms with Crippen molar-refractivity contribution in [3.63, 3.8) is 0 Å². The number of nitrogens with zero attached hydrogens (tertiary/aromatic N) is 1. The molecule has 1 aromatic carbocycles. The van der Waals surface area contributed by atoms with Gasteiger partial charge in [-0.2, -0.15) is 0 Å². The van der Waals surface area contributed by atoms with Gasteiger partial charge in [0.2, 0.25) is 0 Å². The zero-order valence-corrected chi connectivity index (χ0v) is 12.8. The second-order valence-electron chi connectivity index (χ2n) is 6.69. The third kappa shape index (κ3) is 3.50. The first-order valence-electron chi connectivity index (χ1n) is 7.50. The van der Waals surface area contributed by atoms with Crippen LogP contribution in [0.5, 0.6) is 0 Å². The molecule has 2 rings (SSSR count). The van der Waals surface area contributed by atoms with Crippen LogP contribution in [0.2, 0.25) is 0 Å². The summed E-state index contributed by atoms with van der Waals surface area (Å²) in [4.78, 5) is 2.14. The molecule has 1 aliphatic rings. The average molecular weight is 260 g/mol. The zero-order valence-electron chi connectivity index (χ0n) is 12.8. The van der Waals surface area contributed by atoms with Crippen molar-refractivity contribution in [1.82, 2.24) is 0 Å². The summed E-state index contributed by atoms with van der Waals surface area (Å²) in [6.07, 6.45) is 3.91. The van der Waals surface area contributed by atoms with Crippen molar-refractivity contribution in [1.29, 1.82) is 0 Å². The van der Waals surface area contributed by atoms with E-state index in [-0.39, 0.29) is 6.04 Å². The maximum Gasteiger partial charge on any atom is 0.0364 e. The van der Waals surface area contributed by atoms with E-state index in [1.807, 2.05) is 0 Å². The lowest BCUT2D eigenvalue weighted by molar-refractivity contribution is 0.193. The van der Waals surface area contributed by atoms with Gasteiger partial charge in [0.15, 0.2) is 0 Å². The molecule has 1 aliphatic carbocycles. The van der Waals surface area contributed by atoms with Crippen LogP contribution >= 0.6 is 0 Å². The largest absolute Gasteiger partial charge is 0.378 e. The fraction of sp³-hybridized carbons (Fsp3) is 0.647. The van der Waals surface area contributed by atoms with Gasteiger partial charge in [0.05, 0.1) is 0 Å². The predicted molar refractivity (Wildman–Crippen MR) is 83.4 cm³/mol. The summed E-state index contributed by atoms with van der Waals surface area (Å²) in [5.41, 5.74) is 9.07. The van der Waals surface area contributed by atoms with Crippen LogP contribution < -0.4 is 10.6 Å². The van der Waals surface area contributed by atoms with E-state index >= 15 is 0 Å². The van der Waals surface area contributed by atoms with Crippen molar-refractivity contribution in [3.05, 3.63) is 29.8 Å². The standard InChI is InChI=1S/C17H28N2/c1-12-8-13(2)10-15(9-12)17(18)14-6-5-7-16(11-14)19(3)4/h5-7,11-13,15,17H,8-10,18H2,1-4H3. The minimum absolute atomic E-state index is 0.185. The van der Waals surface area contributed by atoms with Gasteiger partial charge < -0.3 is 10.6 Å². The van der Waals surface area contributed by atoms with Gasteiger partial charge >= 0.3 is 0 Å². The van der Waals surface area contributed by atoms with E-state index in [0.717, 1.165) is 11.8 Å². The monoisotopic (exact) mass is 260 g/mol. The highest BCUT2D eigenvalue weighted by molar-refractivity contribution is 5.47. The summed E-state index contributed by atoms with van der Waals surface area (Å²) in [5, 5.41) is 0. The molecule has 0 aromatic heterocycles. The molecule has 1 aromatic rings. The van der Waals surface area contributed by atoms with Gasteiger partial charge in [-0.05, 0) is 54.7 Å². The first-order chi connectivity index (χ1) is 8.97. The molecule has 0 spiro atoms. The first kappa shape index (κ1) is 14.4. The molecule has 2 N–H and O–H groups in total. The lowest BCUT2D eigenvalue weighted by Crippen LogP contribution is -2.29. The van der Waals surface area contributed by atoms with Gasteiger partial charge in [-0.15, -0.1) is 0 Å². The predicted octanol–water partition coefficient (Wildman–Crippen LogP) is 3.82. The van der Waals surface area contributed by atoms with E-state index in [2.05, 4.69) is 57.1 Å². The summed E-state index contributed by atoms with van der Waals surface area (Å²) < 4.78 is 0. The molecule has 0 heterocycles. The maximum absolute atomic E-state index is 6.54. The SMILES string of the molecule is CC1CC(C)CC(C(N)c2cccc(N(C)C)c2)C1. The van der Waals surface area contributed by atoms with Crippen LogP contribution in [0, 0.1) is 17.8 Å². The molecule has 19 heavy (non-hydrogen) atoms. The van der Waals surface area contributed by atoms with E-state index in [4.69, 9.17) is 5.73 Å². The van der Waals surface area contributed by atoms with Gasteiger partial charge in [-0.25, -0.2) is 0 Å². The van der Waals surface area contributed by atoms with E-state index in [1.165, 1.54) is 30.5 Å². The molecular weight excluding hydrogens is 232 g/mol. The molecule has 2 nitrogen and oxygen atoms in total. The number of rotatable bonds is 3. The van der Waals surface area contributed by atoms with Crippen molar-refractivity contribution in [2.24, 2.45) is 23.5 Å². The lowest BCUT2D eigenvalue weighted by atomic mass is 9.72. The summed E-state index contributed by atoms with van der Waals surface area (Å²) in [7, 11) is 4.16. The molecule has 1 saturated carbocycles. The molecule has 106 valence electrons. The Bertz CT molecular complexity index is 403. The van der Waals surface area contributed by atoms with E-state index in [9.17, 15) is 0 Å². The highest BCUT2D eigenvalue weighted by Crippen LogP contribution is 2.39. The van der Waals surface area contributed by atoms with Crippen LogP contribution in [0.1, 0.15) is 44.7 Å². The summed E-state index contributed by atoms with van der Waals surface area (Å²) >= 11 is 0. The van der Waals surface area contributed by atoms with Crippen LogP contribution in [-0.2, 0) is 0 Å². The molecule has 3 unspecified atom stereocenters. The van der Waals surface area contributed by atoms with Crippen LogP contribution in [0.3, 0.4) is 0 Å². The van der Waals surface area contributed by atoms with Crippen LogP contribution in [-0.4, -0.2) is 14.1 Å². The van der Waals surface area contributed by atoms with Crippen molar-refractivity contribution in [2.45, 2.75) is 39.2 Å². The Morgan fingerprint density at radius 1 is 1.11 bits per heavy atom. The average Bonchev–Trinajstić information content (AvgIpc) is 2.37. The van der Waals surface area contributed by atoms with Crippen LogP contribution in [0.4, 0.5) is 5.69 Å². The third-order valence-corrected chi connectivity index (χ3v) is 4.49. The Morgan fingerprint density at radius 3 is 2.32 bits per heavy atom. The third-order valence-electron chi connectivity index (χ3n) is 4.49. The van der Waals surface area contributed by atoms with Gasteiger partial charge in [0, 0.05) is 25.8 Å². The highest BCUT2D eigenvalue weighted by atomic mass is 15.1. The molecular formula is C17H28N2. The van der Waals surface area contributed by atoms with Gasteiger partial charge in [-0.3, -0.25) is 0 Å². The van der Waals surface area contributed by atoms with Crippen molar-refractivity contribution < 1.29 is 0 Å². The molecule has 0 saturated heterocycles. The smallest absolute Gasteiger partial charge is 0.0364 e. The lowest BCUT2D eigenvalue weighted by Gasteiger charge is -2.35. The van der Waals surface area contributed by atoms with E-state index in [1.54, 1.807) is 0 Å². The van der Waals surface area contributed by atoms with Crippen LogP contribution in [0.25, 0.3) is 0 Å². The molecule has 3 atom stereocenters. The highest BCUT2D eigenvalue weighted by Gasteiger charge is 2.28. The fourth-order valence-electron chi connectivity index (χ4n) is 3.58. The summed E-state index contributed by atoms with van der Waals surface area (Å²) in [5.74, 6) is 2.27. The zero-order chi connectivity index (χ0) is 14.0. The Balaban J connectivity index is 2.14. The summed E-state index contributed by atoms with van der Waals surface area (Å²) in [6, 6.07) is 8.88. The van der Waals surface area contributed by atoms with Gasteiger partial charge in [0.25, 0.3) is 0 Å². The quantitative estimate of drug-likeness (QED) is 0.895. The number of hydrogen-bond donors (Lipinski definition) is 1. The Labute approximate surface area is 118 Å². The van der Waals surface area contributed by atoms with E-state index in [0.29, 0.717) is 5.92 Å². The molecule has 0 amide bonds. The minimum atomic E-state index is 0.185. The Morgan fingerprint density at radius 2 is 1.74 bits per heavy atom. The normalized spacial score (nSPS) is 29.0. The number of nitrogens with two attached hydrogens (primary N) is 1. The number of hydrogen-bond acceptors (Lipinski definition) is 2. The Kier molecular flexibility index (Phi) is 4.51. The van der Waals surface area contributed by atoms with Crippen molar-refractivity contribution in [2.75, 3.05) is 19.0 Å². The molecule has 2 heteroatoms. The number of anilines is 1. The van der Waals surface area contributed by atoms with E-state index < -0.39 is 0 Å². The molecule has 0 bridgehead atoms. The second-order valence-corrected chi connectivity index (χ2v) is 6.69. The van der Waals surface area contributed by atoms with Crippen molar-refractivity contribution in [3.8, 4) is 0 Å². The summed E-state index contributed by atoms with van der Waals surface area (Å²) in [6.45, 7) is 4.73.